The summed E-state index contributed by atoms with van der Waals surface area (Å²) in [5.74, 6) is 1.54. The maximum absolute atomic E-state index is 6.02. The smallest absolute Gasteiger partial charge is 0.125 e. The molecule has 0 aliphatic rings. The number of methoxy groups -OCH3 is 1. The molecular weight excluding hydrogens is 309 g/mol. The van der Waals surface area contributed by atoms with Gasteiger partial charge in [-0.1, -0.05) is 23.2 Å². The first-order chi connectivity index (χ1) is 10.1. The van der Waals surface area contributed by atoms with Crippen LogP contribution in [-0.4, -0.2) is 14.2 Å². The van der Waals surface area contributed by atoms with Crippen molar-refractivity contribution in [1.29, 1.82) is 0 Å². The highest BCUT2D eigenvalue weighted by atomic mass is 35.5. The Morgan fingerprint density at radius 3 is 2.19 bits per heavy atom. The van der Waals surface area contributed by atoms with Crippen LogP contribution in [-0.2, 0) is 13.2 Å². The van der Waals surface area contributed by atoms with E-state index in [-0.39, 0.29) is 0 Å². The molecule has 2 aromatic carbocycles. The molecule has 0 radical (unpaired) electrons. The number of rotatable bonds is 6. The maximum Gasteiger partial charge on any atom is 0.125 e. The molecule has 0 bridgehead atoms. The molecule has 0 saturated carbocycles. The van der Waals surface area contributed by atoms with Crippen molar-refractivity contribution in [3.8, 4) is 11.5 Å². The van der Waals surface area contributed by atoms with Crippen LogP contribution in [0, 0.1) is 0 Å². The van der Waals surface area contributed by atoms with Crippen molar-refractivity contribution < 1.29 is 9.47 Å². The van der Waals surface area contributed by atoms with Gasteiger partial charge in [-0.05, 0) is 43.4 Å². The molecule has 0 spiro atoms. The fourth-order valence-electron chi connectivity index (χ4n) is 2.03. The monoisotopic (exact) mass is 325 g/mol. The predicted molar refractivity (Wildman–Crippen MR) is 86.6 cm³/mol. The van der Waals surface area contributed by atoms with E-state index in [1.807, 2.05) is 37.4 Å². The van der Waals surface area contributed by atoms with Gasteiger partial charge in [0.1, 0.15) is 18.1 Å². The third-order valence-corrected chi connectivity index (χ3v) is 3.49. The largest absolute Gasteiger partial charge is 0.496 e. The van der Waals surface area contributed by atoms with Gasteiger partial charge >= 0.3 is 0 Å². The van der Waals surface area contributed by atoms with Crippen molar-refractivity contribution in [3.63, 3.8) is 0 Å². The highest BCUT2D eigenvalue weighted by molar-refractivity contribution is 6.31. The van der Waals surface area contributed by atoms with E-state index in [1.54, 1.807) is 13.2 Å². The van der Waals surface area contributed by atoms with E-state index in [4.69, 9.17) is 32.7 Å². The fourth-order valence-corrected chi connectivity index (χ4v) is 2.42. The van der Waals surface area contributed by atoms with E-state index in [2.05, 4.69) is 5.32 Å². The lowest BCUT2D eigenvalue weighted by molar-refractivity contribution is 0.293. The molecule has 0 amide bonds. The van der Waals surface area contributed by atoms with E-state index in [9.17, 15) is 0 Å². The summed E-state index contributed by atoms with van der Waals surface area (Å²) < 4.78 is 11.2. The van der Waals surface area contributed by atoms with Gasteiger partial charge in [0, 0.05) is 27.7 Å². The summed E-state index contributed by atoms with van der Waals surface area (Å²) in [4.78, 5) is 0. The van der Waals surface area contributed by atoms with Gasteiger partial charge in [0.2, 0.25) is 0 Å². The van der Waals surface area contributed by atoms with Crippen molar-refractivity contribution >= 4 is 23.2 Å². The van der Waals surface area contributed by atoms with Gasteiger partial charge in [0.25, 0.3) is 0 Å². The van der Waals surface area contributed by atoms with Gasteiger partial charge in [0.05, 0.1) is 7.11 Å². The molecule has 0 fully saturated rings. The Bertz CT molecular complexity index is 617. The fraction of sp³-hybridized carbons (Fsp3) is 0.250. The van der Waals surface area contributed by atoms with Crippen LogP contribution in [0.15, 0.2) is 36.4 Å². The van der Waals surface area contributed by atoms with Crippen LogP contribution in [0.5, 0.6) is 11.5 Å². The zero-order chi connectivity index (χ0) is 15.2. The molecule has 0 atom stereocenters. The number of benzene rings is 2. The highest BCUT2D eigenvalue weighted by Gasteiger charge is 2.08. The van der Waals surface area contributed by atoms with Crippen LogP contribution in [0.4, 0.5) is 0 Å². The minimum Gasteiger partial charge on any atom is -0.496 e. The van der Waals surface area contributed by atoms with Crippen LogP contribution in [0.2, 0.25) is 10.0 Å². The summed E-state index contributed by atoms with van der Waals surface area (Å²) in [6.45, 7) is 1.06. The molecule has 0 heterocycles. The molecule has 0 unspecified atom stereocenters. The molecule has 3 nitrogen and oxygen atoms in total. The maximum atomic E-state index is 6.02. The second kappa shape index (κ2) is 7.55. The van der Waals surface area contributed by atoms with Gasteiger partial charge in [-0.2, -0.15) is 0 Å². The lowest BCUT2D eigenvalue weighted by Crippen LogP contribution is -2.08. The van der Waals surface area contributed by atoms with E-state index in [0.717, 1.165) is 22.6 Å². The SMILES string of the molecule is CNCc1cc(Cl)ccc1OCc1cc(Cl)ccc1OC. The van der Waals surface area contributed by atoms with Crippen LogP contribution >= 0.6 is 23.2 Å². The minimum absolute atomic E-state index is 0.377. The summed E-state index contributed by atoms with van der Waals surface area (Å²) in [5.41, 5.74) is 1.90. The Hall–Kier alpha value is -1.42. The van der Waals surface area contributed by atoms with Gasteiger partial charge in [-0.25, -0.2) is 0 Å². The number of halogens is 2. The topological polar surface area (TPSA) is 30.5 Å². The molecular formula is C16H17Cl2NO2. The Morgan fingerprint density at radius 1 is 0.952 bits per heavy atom. The van der Waals surface area contributed by atoms with E-state index < -0.39 is 0 Å². The Morgan fingerprint density at radius 2 is 1.57 bits per heavy atom. The Kier molecular flexibility index (Phi) is 5.74. The van der Waals surface area contributed by atoms with Crippen LogP contribution < -0.4 is 14.8 Å². The Balaban J connectivity index is 2.18. The average Bonchev–Trinajstić information content (AvgIpc) is 2.47. The summed E-state index contributed by atoms with van der Waals surface area (Å²) in [6.07, 6.45) is 0. The first kappa shape index (κ1) is 16.0. The van der Waals surface area contributed by atoms with Gasteiger partial charge in [-0.15, -0.1) is 0 Å². The number of ether oxygens (including phenoxy) is 2. The first-order valence-corrected chi connectivity index (χ1v) is 7.28. The molecule has 0 aliphatic heterocycles. The van der Waals surface area contributed by atoms with Crippen LogP contribution in [0.3, 0.4) is 0 Å². The van der Waals surface area contributed by atoms with Gasteiger partial charge < -0.3 is 14.8 Å². The van der Waals surface area contributed by atoms with E-state index in [1.165, 1.54) is 0 Å². The van der Waals surface area contributed by atoms with Crippen molar-refractivity contribution in [2.45, 2.75) is 13.2 Å². The molecule has 2 aromatic rings. The van der Waals surface area contributed by atoms with Gasteiger partial charge in [0.15, 0.2) is 0 Å². The van der Waals surface area contributed by atoms with E-state index >= 15 is 0 Å². The third-order valence-electron chi connectivity index (χ3n) is 3.02. The first-order valence-electron chi connectivity index (χ1n) is 6.52. The average molecular weight is 326 g/mol. The second-order valence-electron chi connectivity index (χ2n) is 4.53. The van der Waals surface area contributed by atoms with Crippen LogP contribution in [0.1, 0.15) is 11.1 Å². The van der Waals surface area contributed by atoms with Crippen molar-refractivity contribution in [3.05, 3.63) is 57.6 Å². The lowest BCUT2D eigenvalue weighted by atomic mass is 10.2. The van der Waals surface area contributed by atoms with E-state index in [0.29, 0.717) is 23.2 Å². The van der Waals surface area contributed by atoms with Crippen molar-refractivity contribution in [2.75, 3.05) is 14.2 Å². The normalized spacial score (nSPS) is 10.5. The lowest BCUT2D eigenvalue weighted by Gasteiger charge is -2.14. The quantitative estimate of drug-likeness (QED) is 0.858. The summed E-state index contributed by atoms with van der Waals surface area (Å²) in [7, 11) is 3.51. The third kappa shape index (κ3) is 4.27. The van der Waals surface area contributed by atoms with Crippen LogP contribution in [0.25, 0.3) is 0 Å². The minimum atomic E-state index is 0.377. The molecule has 1 N–H and O–H groups in total. The molecule has 0 saturated heterocycles. The molecule has 0 aliphatic carbocycles. The second-order valence-corrected chi connectivity index (χ2v) is 5.40. The summed E-state index contributed by atoms with van der Waals surface area (Å²) >= 11 is 12.0. The summed E-state index contributed by atoms with van der Waals surface area (Å²) in [5, 5.41) is 4.44. The van der Waals surface area contributed by atoms with Gasteiger partial charge in [-0.3, -0.25) is 0 Å². The van der Waals surface area contributed by atoms with Crippen molar-refractivity contribution in [1.82, 2.24) is 5.32 Å². The zero-order valence-corrected chi connectivity index (χ0v) is 13.5. The standard InChI is InChI=1S/C16H17Cl2NO2/c1-19-9-11-7-13(17)4-6-16(11)21-10-12-8-14(18)3-5-15(12)20-2/h3-8,19H,9-10H2,1-2H3. The Labute approximate surface area is 134 Å². The predicted octanol–water partition coefficient (Wildman–Crippen LogP) is 4.30. The number of nitrogens with one attached hydrogen (secondary N) is 1. The molecule has 2 rings (SSSR count). The molecule has 21 heavy (non-hydrogen) atoms. The van der Waals surface area contributed by atoms with Crippen molar-refractivity contribution in [2.24, 2.45) is 0 Å². The number of hydrogen-bond acceptors (Lipinski definition) is 3. The highest BCUT2D eigenvalue weighted by Crippen LogP contribution is 2.27. The zero-order valence-electron chi connectivity index (χ0n) is 12.0. The molecule has 0 aromatic heterocycles. The molecule has 5 heteroatoms. The number of hydrogen-bond donors (Lipinski definition) is 1. The summed E-state index contributed by atoms with van der Waals surface area (Å²) in [6, 6.07) is 11.0. The molecule has 112 valence electrons.